The number of piperidine rings is 1. The Bertz CT molecular complexity index is 1380. The highest BCUT2D eigenvalue weighted by Crippen LogP contribution is 2.44. The Hall–Kier alpha value is -2.93. The number of carbonyl (C=O) groups is 1. The molecule has 1 unspecified atom stereocenters. The molecule has 2 saturated heterocycles. The first kappa shape index (κ1) is 29.2. The second-order valence-corrected chi connectivity index (χ2v) is 13.3. The molecule has 4 aliphatic rings. The third-order valence-electron chi connectivity index (χ3n) is 9.84. The van der Waals surface area contributed by atoms with Gasteiger partial charge in [-0.05, 0) is 98.9 Å². The van der Waals surface area contributed by atoms with Gasteiger partial charge in [-0.1, -0.05) is 12.1 Å². The van der Waals surface area contributed by atoms with Crippen molar-refractivity contribution in [3.63, 3.8) is 0 Å². The molecule has 9 heteroatoms. The molecule has 3 heterocycles. The Balaban J connectivity index is 1.20. The summed E-state index contributed by atoms with van der Waals surface area (Å²) in [5, 5.41) is 12.6. The minimum Gasteiger partial charge on any atom is -0.314 e. The molecule has 1 amide bonds. The van der Waals surface area contributed by atoms with Gasteiger partial charge in [0, 0.05) is 62.0 Å². The van der Waals surface area contributed by atoms with Crippen LogP contribution >= 0.6 is 0 Å². The van der Waals surface area contributed by atoms with E-state index in [1.165, 1.54) is 11.0 Å². The zero-order chi connectivity index (χ0) is 29.6. The monoisotopic (exact) mass is 579 g/mol. The number of carbonyl (C=O) groups excluding carboxylic acids is 1. The van der Waals surface area contributed by atoms with Crippen molar-refractivity contribution in [1.29, 1.82) is 5.26 Å². The van der Waals surface area contributed by atoms with E-state index < -0.39 is 11.7 Å². The topological polar surface area (TPSA) is 62.6 Å². The number of hydrogen-bond donors (Lipinski definition) is 1. The lowest BCUT2D eigenvalue weighted by Crippen LogP contribution is -2.59. The fourth-order valence-corrected chi connectivity index (χ4v) is 7.34. The molecule has 6 nitrogen and oxygen atoms in total. The molecule has 1 N–H and O–H groups in total. The average Bonchev–Trinajstić information content (AvgIpc) is 3.25. The number of nitrogens with one attached hydrogen (secondary N) is 1. The zero-order valence-corrected chi connectivity index (χ0v) is 24.5. The van der Waals surface area contributed by atoms with Gasteiger partial charge < -0.3 is 10.2 Å². The van der Waals surface area contributed by atoms with Crippen LogP contribution in [0.15, 0.2) is 36.4 Å². The highest BCUT2D eigenvalue weighted by molar-refractivity contribution is 6.10. The van der Waals surface area contributed by atoms with Crippen molar-refractivity contribution in [2.45, 2.75) is 70.3 Å². The Kier molecular flexibility index (Phi) is 7.84. The lowest BCUT2D eigenvalue weighted by atomic mass is 9.72. The van der Waals surface area contributed by atoms with E-state index in [-0.39, 0.29) is 41.0 Å². The molecular formula is C33H40F3N5O. The fourth-order valence-electron chi connectivity index (χ4n) is 7.34. The summed E-state index contributed by atoms with van der Waals surface area (Å²) in [4.78, 5) is 19.9. The second kappa shape index (κ2) is 11.3. The number of nitrogens with zero attached hydrogens (tertiary/aromatic N) is 4. The summed E-state index contributed by atoms with van der Waals surface area (Å²) in [5.41, 5.74) is 1.80. The van der Waals surface area contributed by atoms with Crippen molar-refractivity contribution in [2.24, 2.45) is 11.8 Å². The standard InChI is InChI=1S/C33H40F3N5O/c1-32(2)21-38-8-10-40(32)19-22-5-4-9-39(17-22)18-24-13-28-29(30(14-24)33(34,35)36)20-41(31(28)42)27-7-3-6-25(15-27)26-11-23(12-26)16-37/h3,6-7,13-15,22-23,26,38H,4-5,8-12,17-21H2,1-2H3. The van der Waals surface area contributed by atoms with E-state index in [9.17, 15) is 18.0 Å². The molecule has 0 radical (unpaired) electrons. The number of fused-ring (bicyclic) bond motifs is 1. The molecule has 1 atom stereocenters. The lowest BCUT2D eigenvalue weighted by Gasteiger charge is -2.45. The number of halogens is 3. The number of hydrogen-bond acceptors (Lipinski definition) is 5. The summed E-state index contributed by atoms with van der Waals surface area (Å²) >= 11 is 0. The van der Waals surface area contributed by atoms with Crippen molar-refractivity contribution in [3.8, 4) is 6.07 Å². The van der Waals surface area contributed by atoms with Crippen LogP contribution in [0.3, 0.4) is 0 Å². The molecule has 3 aliphatic heterocycles. The van der Waals surface area contributed by atoms with Gasteiger partial charge in [-0.25, -0.2) is 0 Å². The van der Waals surface area contributed by atoms with Crippen molar-refractivity contribution in [2.75, 3.05) is 44.2 Å². The van der Waals surface area contributed by atoms with Gasteiger partial charge in [-0.2, -0.15) is 18.4 Å². The lowest BCUT2D eigenvalue weighted by molar-refractivity contribution is -0.138. The van der Waals surface area contributed by atoms with Gasteiger partial charge in [0.1, 0.15) is 0 Å². The molecule has 1 aliphatic carbocycles. The molecule has 0 spiro atoms. The van der Waals surface area contributed by atoms with Crippen LogP contribution in [0.5, 0.6) is 0 Å². The minimum atomic E-state index is -4.55. The van der Waals surface area contributed by atoms with Gasteiger partial charge in [-0.15, -0.1) is 0 Å². The Morgan fingerprint density at radius 3 is 2.69 bits per heavy atom. The van der Waals surface area contributed by atoms with E-state index in [1.807, 2.05) is 18.2 Å². The summed E-state index contributed by atoms with van der Waals surface area (Å²) < 4.78 is 43.1. The van der Waals surface area contributed by atoms with E-state index in [0.717, 1.165) is 70.5 Å². The zero-order valence-electron chi connectivity index (χ0n) is 24.5. The Morgan fingerprint density at radius 1 is 1.14 bits per heavy atom. The van der Waals surface area contributed by atoms with Crippen LogP contribution in [-0.4, -0.2) is 60.5 Å². The average molecular weight is 580 g/mol. The van der Waals surface area contributed by atoms with Crippen molar-refractivity contribution in [1.82, 2.24) is 15.1 Å². The number of likely N-dealkylation sites (tertiary alicyclic amines) is 1. The Morgan fingerprint density at radius 2 is 1.95 bits per heavy atom. The molecule has 42 heavy (non-hydrogen) atoms. The first-order valence-electron chi connectivity index (χ1n) is 15.2. The summed E-state index contributed by atoms with van der Waals surface area (Å²) in [6.45, 7) is 10.5. The van der Waals surface area contributed by atoms with E-state index in [4.69, 9.17) is 5.26 Å². The number of benzene rings is 2. The van der Waals surface area contributed by atoms with Crippen molar-refractivity contribution >= 4 is 11.6 Å². The number of nitriles is 1. The first-order chi connectivity index (χ1) is 20.0. The predicted molar refractivity (Wildman–Crippen MR) is 156 cm³/mol. The number of alkyl halides is 3. The number of amides is 1. The van der Waals surface area contributed by atoms with Crippen LogP contribution in [0.4, 0.5) is 18.9 Å². The highest BCUT2D eigenvalue weighted by Gasteiger charge is 2.41. The summed E-state index contributed by atoms with van der Waals surface area (Å²) in [6.07, 6.45) is -0.846. The highest BCUT2D eigenvalue weighted by atomic mass is 19.4. The molecule has 2 aromatic rings. The second-order valence-electron chi connectivity index (χ2n) is 13.3. The smallest absolute Gasteiger partial charge is 0.314 e. The van der Waals surface area contributed by atoms with E-state index in [2.05, 4.69) is 35.0 Å². The maximum Gasteiger partial charge on any atom is 0.416 e. The van der Waals surface area contributed by atoms with E-state index in [1.54, 1.807) is 12.1 Å². The van der Waals surface area contributed by atoms with Gasteiger partial charge in [-0.3, -0.25) is 14.6 Å². The largest absolute Gasteiger partial charge is 0.416 e. The van der Waals surface area contributed by atoms with Crippen LogP contribution in [0, 0.1) is 23.2 Å². The number of rotatable bonds is 6. The Labute approximate surface area is 246 Å². The van der Waals surface area contributed by atoms with E-state index in [0.29, 0.717) is 23.7 Å². The fraction of sp³-hybridized carbons (Fsp3) is 0.576. The maximum absolute atomic E-state index is 14.4. The molecule has 0 aromatic heterocycles. The normalized spacial score (nSPS) is 26.5. The maximum atomic E-state index is 14.4. The van der Waals surface area contributed by atoms with Gasteiger partial charge in [0.15, 0.2) is 0 Å². The van der Waals surface area contributed by atoms with Gasteiger partial charge in [0.05, 0.1) is 18.2 Å². The van der Waals surface area contributed by atoms with E-state index >= 15 is 0 Å². The molecule has 1 saturated carbocycles. The van der Waals surface area contributed by atoms with Crippen molar-refractivity contribution in [3.05, 3.63) is 64.2 Å². The van der Waals surface area contributed by atoms with Crippen LogP contribution in [0.25, 0.3) is 0 Å². The molecule has 224 valence electrons. The number of piperazine rings is 1. The van der Waals surface area contributed by atoms with Gasteiger partial charge >= 0.3 is 6.18 Å². The SMILES string of the molecule is CC1(C)CNCCN1CC1CCCN(Cc2cc3c(c(C(F)(F)F)c2)CN(c2cccc(C4CC(C#N)C4)c2)C3=O)C1. The summed E-state index contributed by atoms with van der Waals surface area (Å²) in [5.74, 6) is 0.387. The van der Waals surface area contributed by atoms with Gasteiger partial charge in [0.25, 0.3) is 5.91 Å². The molecule has 6 rings (SSSR count). The quantitative estimate of drug-likeness (QED) is 0.470. The summed E-state index contributed by atoms with van der Waals surface area (Å²) in [6, 6.07) is 12.8. The van der Waals surface area contributed by atoms with Crippen LogP contribution in [0.2, 0.25) is 0 Å². The van der Waals surface area contributed by atoms with Crippen LogP contribution in [0.1, 0.15) is 78.1 Å². The van der Waals surface area contributed by atoms with Crippen LogP contribution in [-0.2, 0) is 19.3 Å². The molecule has 2 aromatic carbocycles. The molecule has 0 bridgehead atoms. The molecule has 3 fully saturated rings. The minimum absolute atomic E-state index is 0.0492. The predicted octanol–water partition coefficient (Wildman–Crippen LogP) is 5.78. The third kappa shape index (κ3) is 5.82. The number of anilines is 1. The summed E-state index contributed by atoms with van der Waals surface area (Å²) in [7, 11) is 0. The van der Waals surface area contributed by atoms with Crippen LogP contribution < -0.4 is 10.2 Å². The first-order valence-corrected chi connectivity index (χ1v) is 15.2. The third-order valence-corrected chi connectivity index (χ3v) is 9.84. The van der Waals surface area contributed by atoms with Crippen molar-refractivity contribution < 1.29 is 18.0 Å². The molecular weight excluding hydrogens is 539 g/mol. The van der Waals surface area contributed by atoms with Gasteiger partial charge in [0.2, 0.25) is 0 Å².